The molecule has 3 rings (SSSR count). The molecule has 1 heterocycles. The van der Waals surface area contributed by atoms with Gasteiger partial charge in [0.2, 0.25) is 0 Å². The number of hydrogen-bond donors (Lipinski definition) is 2. The number of hydrogen-bond acceptors (Lipinski definition) is 3. The monoisotopic (exact) mass is 281 g/mol. The fraction of sp³-hybridized carbons (Fsp3) is 0.235. The van der Waals surface area contributed by atoms with Gasteiger partial charge in [-0.15, -0.1) is 0 Å². The zero-order chi connectivity index (χ0) is 14.8. The lowest BCUT2D eigenvalue weighted by Crippen LogP contribution is -2.28. The number of amides is 1. The molecule has 21 heavy (non-hydrogen) atoms. The highest BCUT2D eigenvalue weighted by Gasteiger charge is 2.22. The molecule has 3 N–H and O–H groups in total. The summed E-state index contributed by atoms with van der Waals surface area (Å²) >= 11 is 0. The van der Waals surface area contributed by atoms with Gasteiger partial charge in [0.1, 0.15) is 0 Å². The zero-order valence-corrected chi connectivity index (χ0v) is 12.1. The Morgan fingerprint density at radius 1 is 1.19 bits per heavy atom. The van der Waals surface area contributed by atoms with Gasteiger partial charge in [-0.3, -0.25) is 4.79 Å². The van der Waals surface area contributed by atoms with E-state index in [1.807, 2.05) is 12.1 Å². The molecule has 4 heteroatoms. The summed E-state index contributed by atoms with van der Waals surface area (Å²) in [6.07, 6.45) is 2.14. The van der Waals surface area contributed by atoms with Crippen molar-refractivity contribution in [2.45, 2.75) is 12.8 Å². The first-order chi connectivity index (χ1) is 10.2. The standard InChI is InChI=1S/C17H19N3O/c1-19-17(21)14-9-8-13(18)11-16(14)20-10-4-6-12-5-2-3-7-15(12)20/h2-3,5,7-9,11H,4,6,10,18H2,1H3,(H,19,21). The van der Waals surface area contributed by atoms with Crippen molar-refractivity contribution in [3.8, 4) is 0 Å². The number of para-hydroxylation sites is 1. The number of nitrogen functional groups attached to an aromatic ring is 1. The van der Waals surface area contributed by atoms with Crippen LogP contribution in [0, 0.1) is 0 Å². The molecule has 0 aliphatic carbocycles. The topological polar surface area (TPSA) is 58.4 Å². The molecule has 0 saturated carbocycles. The number of nitrogens with two attached hydrogens (primary N) is 1. The van der Waals surface area contributed by atoms with Gasteiger partial charge >= 0.3 is 0 Å². The summed E-state index contributed by atoms with van der Waals surface area (Å²) in [5.41, 5.74) is 10.6. The maximum Gasteiger partial charge on any atom is 0.253 e. The summed E-state index contributed by atoms with van der Waals surface area (Å²) in [6.45, 7) is 0.893. The predicted octanol–water partition coefficient (Wildman–Crippen LogP) is 2.71. The number of carbonyl (C=O) groups is 1. The molecule has 1 aliphatic heterocycles. The van der Waals surface area contributed by atoms with Crippen molar-refractivity contribution in [3.63, 3.8) is 0 Å². The van der Waals surface area contributed by atoms with E-state index in [4.69, 9.17) is 5.73 Å². The fourth-order valence-corrected chi connectivity index (χ4v) is 2.88. The van der Waals surface area contributed by atoms with Crippen LogP contribution in [0.2, 0.25) is 0 Å². The van der Waals surface area contributed by atoms with E-state index in [2.05, 4.69) is 28.4 Å². The summed E-state index contributed by atoms with van der Waals surface area (Å²) in [6, 6.07) is 13.8. The number of nitrogens with zero attached hydrogens (tertiary/aromatic N) is 1. The summed E-state index contributed by atoms with van der Waals surface area (Å²) in [5.74, 6) is -0.0898. The number of anilines is 3. The SMILES string of the molecule is CNC(=O)c1ccc(N)cc1N1CCCc2ccccc21. The second-order valence-corrected chi connectivity index (χ2v) is 5.24. The summed E-state index contributed by atoms with van der Waals surface area (Å²) in [7, 11) is 1.65. The molecule has 0 saturated heterocycles. The molecule has 2 aromatic rings. The molecule has 0 fully saturated rings. The van der Waals surface area contributed by atoms with Crippen LogP contribution in [0.3, 0.4) is 0 Å². The Balaban J connectivity index is 2.13. The number of benzene rings is 2. The van der Waals surface area contributed by atoms with E-state index in [0.29, 0.717) is 11.3 Å². The summed E-state index contributed by atoms with van der Waals surface area (Å²) < 4.78 is 0. The second-order valence-electron chi connectivity index (χ2n) is 5.24. The van der Waals surface area contributed by atoms with Crippen LogP contribution in [-0.2, 0) is 6.42 Å². The first-order valence-electron chi connectivity index (χ1n) is 7.18. The normalized spacial score (nSPS) is 13.7. The molecule has 0 bridgehead atoms. The molecule has 0 radical (unpaired) electrons. The molecule has 108 valence electrons. The number of carbonyl (C=O) groups excluding carboxylic acids is 1. The number of rotatable bonds is 2. The number of aryl methyl sites for hydroxylation is 1. The van der Waals surface area contributed by atoms with Crippen LogP contribution in [0.5, 0.6) is 0 Å². The lowest BCUT2D eigenvalue weighted by atomic mass is 9.99. The van der Waals surface area contributed by atoms with Gasteiger partial charge < -0.3 is 16.0 Å². The van der Waals surface area contributed by atoms with Crippen LogP contribution >= 0.6 is 0 Å². The van der Waals surface area contributed by atoms with Crippen molar-refractivity contribution >= 4 is 23.0 Å². The highest BCUT2D eigenvalue weighted by molar-refractivity contribution is 6.01. The molecule has 0 atom stereocenters. The van der Waals surface area contributed by atoms with Gasteiger partial charge in [-0.2, -0.15) is 0 Å². The summed E-state index contributed by atoms with van der Waals surface area (Å²) in [5, 5.41) is 2.70. The van der Waals surface area contributed by atoms with E-state index in [-0.39, 0.29) is 5.91 Å². The van der Waals surface area contributed by atoms with E-state index in [1.54, 1.807) is 19.2 Å². The average molecular weight is 281 g/mol. The molecular formula is C17H19N3O. The van der Waals surface area contributed by atoms with Crippen molar-refractivity contribution in [2.24, 2.45) is 0 Å². The van der Waals surface area contributed by atoms with Crippen LogP contribution in [0.25, 0.3) is 0 Å². The van der Waals surface area contributed by atoms with Crippen LogP contribution in [0.15, 0.2) is 42.5 Å². The second kappa shape index (κ2) is 5.48. The van der Waals surface area contributed by atoms with Gasteiger partial charge in [-0.1, -0.05) is 18.2 Å². The molecule has 1 aliphatic rings. The smallest absolute Gasteiger partial charge is 0.253 e. The van der Waals surface area contributed by atoms with Crippen molar-refractivity contribution in [1.82, 2.24) is 5.32 Å². The van der Waals surface area contributed by atoms with Gasteiger partial charge in [0.05, 0.1) is 11.3 Å². The van der Waals surface area contributed by atoms with Crippen LogP contribution in [0.4, 0.5) is 17.1 Å². The zero-order valence-electron chi connectivity index (χ0n) is 12.1. The van der Waals surface area contributed by atoms with Crippen LogP contribution in [0.1, 0.15) is 22.3 Å². The Morgan fingerprint density at radius 3 is 2.81 bits per heavy atom. The third-order valence-electron chi connectivity index (χ3n) is 3.89. The first kappa shape index (κ1) is 13.5. The lowest BCUT2D eigenvalue weighted by Gasteiger charge is -2.32. The third-order valence-corrected chi connectivity index (χ3v) is 3.89. The van der Waals surface area contributed by atoms with E-state index in [9.17, 15) is 4.79 Å². The fourth-order valence-electron chi connectivity index (χ4n) is 2.88. The largest absolute Gasteiger partial charge is 0.399 e. The third kappa shape index (κ3) is 2.44. The molecule has 0 unspecified atom stereocenters. The van der Waals surface area contributed by atoms with Gasteiger partial charge in [0, 0.05) is 25.0 Å². The lowest BCUT2D eigenvalue weighted by molar-refractivity contribution is 0.0963. The highest BCUT2D eigenvalue weighted by Crippen LogP contribution is 2.36. The van der Waals surface area contributed by atoms with E-state index < -0.39 is 0 Å². The Bertz CT molecular complexity index is 681. The van der Waals surface area contributed by atoms with Crippen LogP contribution in [-0.4, -0.2) is 19.5 Å². The molecule has 0 aromatic heterocycles. The van der Waals surface area contributed by atoms with Crippen molar-refractivity contribution in [1.29, 1.82) is 0 Å². The Labute approximate surface area is 124 Å². The Hall–Kier alpha value is -2.49. The maximum atomic E-state index is 12.1. The van der Waals surface area contributed by atoms with Gasteiger partial charge in [0.15, 0.2) is 0 Å². The minimum absolute atomic E-state index is 0.0898. The van der Waals surface area contributed by atoms with Gasteiger partial charge in [-0.25, -0.2) is 0 Å². The van der Waals surface area contributed by atoms with E-state index >= 15 is 0 Å². The molecule has 4 nitrogen and oxygen atoms in total. The minimum atomic E-state index is -0.0898. The van der Waals surface area contributed by atoms with Gasteiger partial charge in [-0.05, 0) is 42.7 Å². The predicted molar refractivity (Wildman–Crippen MR) is 86.0 cm³/mol. The van der Waals surface area contributed by atoms with Crippen LogP contribution < -0.4 is 16.0 Å². The van der Waals surface area contributed by atoms with E-state index in [1.165, 1.54) is 11.3 Å². The summed E-state index contributed by atoms with van der Waals surface area (Å²) in [4.78, 5) is 14.3. The van der Waals surface area contributed by atoms with E-state index in [0.717, 1.165) is 25.1 Å². The first-order valence-corrected chi connectivity index (χ1v) is 7.18. The molecular weight excluding hydrogens is 262 g/mol. The highest BCUT2D eigenvalue weighted by atomic mass is 16.1. The molecule has 1 amide bonds. The van der Waals surface area contributed by atoms with Crippen molar-refractivity contribution in [3.05, 3.63) is 53.6 Å². The Morgan fingerprint density at radius 2 is 2.00 bits per heavy atom. The quantitative estimate of drug-likeness (QED) is 0.832. The molecule has 0 spiro atoms. The molecule has 2 aromatic carbocycles. The van der Waals surface area contributed by atoms with Gasteiger partial charge in [0.25, 0.3) is 5.91 Å². The minimum Gasteiger partial charge on any atom is -0.399 e. The average Bonchev–Trinajstić information content (AvgIpc) is 2.53. The van der Waals surface area contributed by atoms with Crippen molar-refractivity contribution in [2.75, 3.05) is 24.2 Å². The number of nitrogens with one attached hydrogen (secondary N) is 1. The number of fused-ring (bicyclic) bond motifs is 1. The maximum absolute atomic E-state index is 12.1. The van der Waals surface area contributed by atoms with Crippen molar-refractivity contribution < 1.29 is 4.79 Å². The Kier molecular flexibility index (Phi) is 3.52.